The average Bonchev–Trinajstić information content (AvgIpc) is 2.69. The monoisotopic (exact) mass is 364 g/mol. The molecule has 4 nitrogen and oxygen atoms in total. The molecule has 0 spiro atoms. The van der Waals surface area contributed by atoms with E-state index < -0.39 is 0 Å². The van der Waals surface area contributed by atoms with Crippen molar-refractivity contribution in [2.75, 3.05) is 12.4 Å². The van der Waals surface area contributed by atoms with E-state index in [2.05, 4.69) is 20.3 Å². The molecule has 0 unspecified atom stereocenters. The van der Waals surface area contributed by atoms with E-state index in [1.807, 2.05) is 30.3 Å². The average molecular weight is 365 g/mol. The van der Waals surface area contributed by atoms with Crippen LogP contribution < -0.4 is 5.32 Å². The number of halogens is 2. The number of pyridine rings is 1. The van der Waals surface area contributed by atoms with Gasteiger partial charge in [0.1, 0.15) is 11.6 Å². The van der Waals surface area contributed by atoms with Gasteiger partial charge in [0.25, 0.3) is 0 Å². The Hall–Kier alpha value is -3.05. The number of aromatic nitrogens is 3. The number of nitrogens with one attached hydrogen (secondary N) is 1. The lowest BCUT2D eigenvalue weighted by molar-refractivity contribution is 0.631. The second-order valence-electron chi connectivity index (χ2n) is 5.74. The van der Waals surface area contributed by atoms with Crippen LogP contribution in [-0.4, -0.2) is 22.0 Å². The van der Waals surface area contributed by atoms with Crippen molar-refractivity contribution >= 4 is 28.3 Å². The van der Waals surface area contributed by atoms with Gasteiger partial charge >= 0.3 is 0 Å². The van der Waals surface area contributed by atoms with Gasteiger partial charge in [0.2, 0.25) is 0 Å². The maximum Gasteiger partial charge on any atom is 0.163 e. The molecule has 0 amide bonds. The van der Waals surface area contributed by atoms with Gasteiger partial charge in [0, 0.05) is 41.0 Å². The summed E-state index contributed by atoms with van der Waals surface area (Å²) in [5.41, 5.74) is 2.75. The van der Waals surface area contributed by atoms with E-state index in [9.17, 15) is 4.39 Å². The summed E-state index contributed by atoms with van der Waals surface area (Å²) in [5, 5.41) is 4.38. The fraction of sp³-hybridized carbons (Fsp3) is 0.0500. The molecule has 0 saturated carbocycles. The van der Waals surface area contributed by atoms with Crippen LogP contribution in [0.25, 0.3) is 33.4 Å². The molecule has 0 aliphatic rings. The molecular weight excluding hydrogens is 351 g/mol. The molecule has 2 aromatic heterocycles. The van der Waals surface area contributed by atoms with Crippen LogP contribution in [0.1, 0.15) is 0 Å². The smallest absolute Gasteiger partial charge is 0.163 e. The Balaban J connectivity index is 1.90. The zero-order valence-corrected chi connectivity index (χ0v) is 14.6. The van der Waals surface area contributed by atoms with Gasteiger partial charge in [-0.25, -0.2) is 14.4 Å². The lowest BCUT2D eigenvalue weighted by Crippen LogP contribution is -1.99. The minimum absolute atomic E-state index is 0.326. The van der Waals surface area contributed by atoms with Crippen LogP contribution >= 0.6 is 11.6 Å². The van der Waals surface area contributed by atoms with Crippen LogP contribution in [0.2, 0.25) is 5.02 Å². The fourth-order valence-electron chi connectivity index (χ4n) is 2.83. The Morgan fingerprint density at radius 1 is 1.00 bits per heavy atom. The van der Waals surface area contributed by atoms with Gasteiger partial charge in [0.15, 0.2) is 5.82 Å². The number of anilines is 1. The highest BCUT2D eigenvalue weighted by molar-refractivity contribution is 6.30. The fourth-order valence-corrected chi connectivity index (χ4v) is 3.00. The molecule has 0 aliphatic heterocycles. The number of nitrogens with zero attached hydrogens (tertiary/aromatic N) is 3. The summed E-state index contributed by atoms with van der Waals surface area (Å²) >= 11 is 6.02. The number of rotatable bonds is 3. The Morgan fingerprint density at radius 2 is 1.88 bits per heavy atom. The first-order valence-electron chi connectivity index (χ1n) is 8.01. The van der Waals surface area contributed by atoms with Crippen LogP contribution in [0.3, 0.4) is 0 Å². The van der Waals surface area contributed by atoms with Crippen LogP contribution in [0.4, 0.5) is 10.2 Å². The Labute approximate surface area is 154 Å². The highest BCUT2D eigenvalue weighted by atomic mass is 35.5. The van der Waals surface area contributed by atoms with Crippen LogP contribution in [0.5, 0.6) is 0 Å². The van der Waals surface area contributed by atoms with Crippen molar-refractivity contribution in [3.8, 4) is 22.5 Å². The number of fused-ring (bicyclic) bond motifs is 1. The molecule has 0 saturated heterocycles. The summed E-state index contributed by atoms with van der Waals surface area (Å²) in [5.74, 6) is 0.919. The second kappa shape index (κ2) is 6.69. The quantitative estimate of drug-likeness (QED) is 0.543. The number of hydrogen-bond acceptors (Lipinski definition) is 4. The maximum absolute atomic E-state index is 14.2. The van der Waals surface area contributed by atoms with Gasteiger partial charge in [0.05, 0.1) is 5.52 Å². The standard InChI is InChI=1S/C20H14ClFN4/c1-23-20-16-9-12(15-10-14(21)5-6-17(15)22)4-7-18(16)25-19(26-20)13-3-2-8-24-11-13/h2-11H,1H3,(H,23,25,26). The summed E-state index contributed by atoms with van der Waals surface area (Å²) in [6, 6.07) is 13.8. The molecule has 2 heterocycles. The molecule has 4 rings (SSSR count). The molecule has 1 N–H and O–H groups in total. The minimum atomic E-state index is -0.326. The Morgan fingerprint density at radius 3 is 2.65 bits per heavy atom. The predicted octanol–water partition coefficient (Wildman–Crippen LogP) is 5.19. The molecule has 0 atom stereocenters. The summed E-state index contributed by atoms with van der Waals surface area (Å²) in [7, 11) is 1.79. The third-order valence-corrected chi connectivity index (χ3v) is 4.33. The van der Waals surface area contributed by atoms with Crippen molar-refractivity contribution in [2.24, 2.45) is 0 Å². The van der Waals surface area contributed by atoms with Gasteiger partial charge < -0.3 is 5.32 Å². The van der Waals surface area contributed by atoms with Crippen LogP contribution in [0.15, 0.2) is 60.9 Å². The molecule has 26 heavy (non-hydrogen) atoms. The maximum atomic E-state index is 14.2. The van der Waals surface area contributed by atoms with Gasteiger partial charge in [-0.2, -0.15) is 0 Å². The molecule has 2 aromatic carbocycles. The van der Waals surface area contributed by atoms with E-state index in [-0.39, 0.29) is 5.82 Å². The molecule has 0 aliphatic carbocycles. The van der Waals surface area contributed by atoms with Crippen LogP contribution in [-0.2, 0) is 0 Å². The van der Waals surface area contributed by atoms with Gasteiger partial charge in [-0.3, -0.25) is 4.98 Å². The first kappa shape index (κ1) is 16.4. The Bertz CT molecular complexity index is 1100. The van der Waals surface area contributed by atoms with Crippen molar-refractivity contribution in [2.45, 2.75) is 0 Å². The second-order valence-corrected chi connectivity index (χ2v) is 6.18. The molecule has 6 heteroatoms. The van der Waals surface area contributed by atoms with Gasteiger partial charge in [-0.15, -0.1) is 0 Å². The molecule has 0 bridgehead atoms. The molecule has 128 valence electrons. The number of hydrogen-bond donors (Lipinski definition) is 1. The molecule has 4 aromatic rings. The summed E-state index contributed by atoms with van der Waals surface area (Å²) in [4.78, 5) is 13.3. The highest BCUT2D eigenvalue weighted by Crippen LogP contribution is 2.31. The van der Waals surface area contributed by atoms with E-state index >= 15 is 0 Å². The van der Waals surface area contributed by atoms with Crippen molar-refractivity contribution in [1.29, 1.82) is 0 Å². The Kier molecular flexibility index (Phi) is 4.22. The third kappa shape index (κ3) is 2.97. The van der Waals surface area contributed by atoms with Gasteiger partial charge in [-0.05, 0) is 48.0 Å². The van der Waals surface area contributed by atoms with Gasteiger partial charge in [-0.1, -0.05) is 17.7 Å². The normalized spacial score (nSPS) is 10.9. The van der Waals surface area contributed by atoms with Crippen molar-refractivity contribution in [1.82, 2.24) is 15.0 Å². The van der Waals surface area contributed by atoms with E-state index in [1.165, 1.54) is 12.1 Å². The zero-order valence-electron chi connectivity index (χ0n) is 13.9. The number of benzene rings is 2. The molecule has 0 radical (unpaired) electrons. The molecule has 0 fully saturated rings. The van der Waals surface area contributed by atoms with E-state index in [0.29, 0.717) is 27.8 Å². The minimum Gasteiger partial charge on any atom is -0.373 e. The van der Waals surface area contributed by atoms with E-state index in [4.69, 9.17) is 11.6 Å². The van der Waals surface area contributed by atoms with E-state index in [1.54, 1.807) is 25.5 Å². The van der Waals surface area contributed by atoms with Crippen molar-refractivity contribution in [3.63, 3.8) is 0 Å². The lowest BCUT2D eigenvalue weighted by Gasteiger charge is -2.10. The summed E-state index contributed by atoms with van der Waals surface area (Å²) in [6.45, 7) is 0. The van der Waals surface area contributed by atoms with E-state index in [0.717, 1.165) is 16.5 Å². The SMILES string of the molecule is CNc1nc(-c2cccnc2)nc2ccc(-c3cc(Cl)ccc3F)cc12. The first-order chi connectivity index (χ1) is 12.7. The highest BCUT2D eigenvalue weighted by Gasteiger charge is 2.12. The lowest BCUT2D eigenvalue weighted by atomic mass is 10.0. The zero-order chi connectivity index (χ0) is 18.1. The summed E-state index contributed by atoms with van der Waals surface area (Å²) < 4.78 is 14.2. The first-order valence-corrected chi connectivity index (χ1v) is 8.39. The largest absolute Gasteiger partial charge is 0.373 e. The van der Waals surface area contributed by atoms with Crippen LogP contribution in [0, 0.1) is 5.82 Å². The van der Waals surface area contributed by atoms with Crippen molar-refractivity contribution in [3.05, 3.63) is 71.8 Å². The topological polar surface area (TPSA) is 50.7 Å². The van der Waals surface area contributed by atoms with Crippen molar-refractivity contribution < 1.29 is 4.39 Å². The predicted molar refractivity (Wildman–Crippen MR) is 103 cm³/mol. The third-order valence-electron chi connectivity index (χ3n) is 4.09. The summed E-state index contributed by atoms with van der Waals surface area (Å²) in [6.07, 6.45) is 3.42. The molecular formula is C20H14ClFN4.